The van der Waals surface area contributed by atoms with Crippen LogP contribution in [0.3, 0.4) is 0 Å². The predicted molar refractivity (Wildman–Crippen MR) is 164 cm³/mol. The molecule has 0 aromatic heterocycles. The average molecular weight is 599 g/mol. The SMILES string of the molecule is CCCCN1C(=O)[C@@H](CC2(O)CCCCC2)NC(=O)C12CCN(C(=O)CCCC(C)Oc1ccc(C(=O)NC)cc1)CC2. The number of carbonyl (C=O) groups excluding carboxylic acids is 4. The van der Waals surface area contributed by atoms with E-state index in [-0.39, 0.29) is 36.2 Å². The molecule has 2 atom stereocenters. The van der Waals surface area contributed by atoms with Crippen LogP contribution in [0.25, 0.3) is 0 Å². The molecule has 4 amide bonds. The number of benzene rings is 1. The molecule has 3 fully saturated rings. The third-order valence-electron chi connectivity index (χ3n) is 9.54. The van der Waals surface area contributed by atoms with Gasteiger partial charge >= 0.3 is 0 Å². The lowest BCUT2D eigenvalue weighted by Gasteiger charge is -2.52. The lowest BCUT2D eigenvalue weighted by atomic mass is 9.77. The Bertz CT molecular complexity index is 1120. The second kappa shape index (κ2) is 14.6. The molecule has 43 heavy (non-hydrogen) atoms. The van der Waals surface area contributed by atoms with Gasteiger partial charge in [-0.05, 0) is 76.1 Å². The monoisotopic (exact) mass is 598 g/mol. The molecule has 1 saturated carbocycles. The second-order valence-corrected chi connectivity index (χ2v) is 12.7. The smallest absolute Gasteiger partial charge is 0.251 e. The fourth-order valence-electron chi connectivity index (χ4n) is 6.89. The number of nitrogens with one attached hydrogen (secondary N) is 2. The number of rotatable bonds is 12. The maximum absolute atomic E-state index is 13.8. The highest BCUT2D eigenvalue weighted by Crippen LogP contribution is 2.37. The van der Waals surface area contributed by atoms with Crippen molar-refractivity contribution < 1.29 is 29.0 Å². The van der Waals surface area contributed by atoms with Crippen LogP contribution < -0.4 is 15.4 Å². The Morgan fingerprint density at radius 3 is 2.37 bits per heavy atom. The lowest BCUT2D eigenvalue weighted by molar-refractivity contribution is -0.164. The summed E-state index contributed by atoms with van der Waals surface area (Å²) in [7, 11) is 1.59. The van der Waals surface area contributed by atoms with Gasteiger partial charge in [0, 0.05) is 45.1 Å². The number of likely N-dealkylation sites (tertiary alicyclic amines) is 1. The third kappa shape index (κ3) is 7.88. The van der Waals surface area contributed by atoms with Crippen LogP contribution in [-0.2, 0) is 14.4 Å². The summed E-state index contributed by atoms with van der Waals surface area (Å²) in [5.41, 5.74) is -1.27. The average Bonchev–Trinajstić information content (AvgIpc) is 3.00. The lowest BCUT2D eigenvalue weighted by Crippen LogP contribution is -2.73. The first-order valence-corrected chi connectivity index (χ1v) is 16.2. The van der Waals surface area contributed by atoms with Gasteiger partial charge in [-0.1, -0.05) is 32.6 Å². The molecule has 1 aromatic rings. The van der Waals surface area contributed by atoms with Crippen molar-refractivity contribution in [3.05, 3.63) is 29.8 Å². The predicted octanol–water partition coefficient (Wildman–Crippen LogP) is 3.56. The van der Waals surface area contributed by atoms with Crippen molar-refractivity contribution in [1.82, 2.24) is 20.4 Å². The van der Waals surface area contributed by atoms with Gasteiger partial charge in [0.15, 0.2) is 0 Å². The number of piperazine rings is 1. The largest absolute Gasteiger partial charge is 0.491 e. The summed E-state index contributed by atoms with van der Waals surface area (Å²) >= 11 is 0. The van der Waals surface area contributed by atoms with Gasteiger partial charge in [-0.25, -0.2) is 0 Å². The molecule has 3 N–H and O–H groups in total. The Labute approximate surface area is 255 Å². The molecule has 0 bridgehead atoms. The van der Waals surface area contributed by atoms with E-state index in [2.05, 4.69) is 17.6 Å². The fraction of sp³-hybridized carbons (Fsp3) is 0.697. The van der Waals surface area contributed by atoms with Gasteiger partial charge in [0.05, 0.1) is 11.7 Å². The molecule has 2 heterocycles. The molecule has 3 aliphatic rings. The first-order valence-electron chi connectivity index (χ1n) is 16.2. The number of carbonyl (C=O) groups is 4. The number of hydrogen-bond acceptors (Lipinski definition) is 6. The highest BCUT2D eigenvalue weighted by Gasteiger charge is 2.54. The van der Waals surface area contributed by atoms with Crippen LogP contribution >= 0.6 is 0 Å². The molecule has 2 saturated heterocycles. The van der Waals surface area contributed by atoms with Crippen LogP contribution in [0.2, 0.25) is 0 Å². The third-order valence-corrected chi connectivity index (χ3v) is 9.54. The van der Waals surface area contributed by atoms with Gasteiger partial charge < -0.3 is 30.3 Å². The molecule has 2 aliphatic heterocycles. The van der Waals surface area contributed by atoms with Crippen LogP contribution in [0, 0.1) is 0 Å². The minimum atomic E-state index is -0.940. The number of nitrogens with zero attached hydrogens (tertiary/aromatic N) is 2. The highest BCUT2D eigenvalue weighted by molar-refractivity contribution is 6.00. The van der Waals surface area contributed by atoms with E-state index in [0.717, 1.165) is 32.1 Å². The number of hydrogen-bond donors (Lipinski definition) is 3. The molecule has 10 heteroatoms. The van der Waals surface area contributed by atoms with Crippen LogP contribution in [0.15, 0.2) is 24.3 Å². The van der Waals surface area contributed by atoms with E-state index >= 15 is 0 Å². The Hall–Kier alpha value is -3.14. The molecule has 238 valence electrons. The van der Waals surface area contributed by atoms with Crippen molar-refractivity contribution in [2.45, 2.75) is 121 Å². The Kier molecular flexibility index (Phi) is 11.1. The molecule has 4 rings (SSSR count). The second-order valence-electron chi connectivity index (χ2n) is 12.7. The van der Waals surface area contributed by atoms with E-state index < -0.39 is 17.2 Å². The van der Waals surface area contributed by atoms with E-state index in [1.165, 1.54) is 0 Å². The zero-order valence-electron chi connectivity index (χ0n) is 26.2. The maximum Gasteiger partial charge on any atom is 0.251 e. The minimum Gasteiger partial charge on any atom is -0.491 e. The number of unbranched alkanes of at least 4 members (excludes halogenated alkanes) is 1. The van der Waals surface area contributed by atoms with Crippen LogP contribution in [0.1, 0.15) is 108 Å². The van der Waals surface area contributed by atoms with Crippen LogP contribution in [-0.4, -0.2) is 88.5 Å². The minimum absolute atomic E-state index is 0.0528. The standard InChI is InChI=1S/C33H50N4O6/c1-4-5-20-37-30(40)27(23-32(42)16-7-6-8-17-32)35-31(41)33(37)18-21-36(22-19-33)28(38)11-9-10-24(2)43-26-14-12-25(13-15-26)29(39)34-3/h12-15,24,27,42H,4-11,16-23H2,1-3H3,(H,34,39)(H,35,41)/t24?,27-/m1/s1. The van der Waals surface area contributed by atoms with Gasteiger partial charge in [-0.2, -0.15) is 0 Å². The first kappa shape index (κ1) is 32.8. The normalized spacial score (nSPS) is 22.2. The zero-order chi connectivity index (χ0) is 31.0. The van der Waals surface area contributed by atoms with Crippen molar-refractivity contribution in [1.29, 1.82) is 0 Å². The molecular formula is C33H50N4O6. The fourth-order valence-corrected chi connectivity index (χ4v) is 6.89. The number of piperidine rings is 1. The Morgan fingerprint density at radius 2 is 1.74 bits per heavy atom. The van der Waals surface area contributed by atoms with Gasteiger partial charge in [0.25, 0.3) is 5.91 Å². The zero-order valence-corrected chi connectivity index (χ0v) is 26.2. The summed E-state index contributed by atoms with van der Waals surface area (Å²) in [5.74, 6) is 0.343. The van der Waals surface area contributed by atoms with E-state index in [1.807, 2.05) is 11.8 Å². The van der Waals surface area contributed by atoms with Crippen molar-refractivity contribution in [2.75, 3.05) is 26.7 Å². The van der Waals surface area contributed by atoms with E-state index in [9.17, 15) is 24.3 Å². The van der Waals surface area contributed by atoms with E-state index in [1.54, 1.807) is 36.2 Å². The summed E-state index contributed by atoms with van der Waals surface area (Å²) < 4.78 is 5.96. The Morgan fingerprint density at radius 1 is 1.07 bits per heavy atom. The van der Waals surface area contributed by atoms with Gasteiger partial charge in [-0.15, -0.1) is 0 Å². The summed E-state index contributed by atoms with van der Waals surface area (Å²) in [6, 6.07) is 6.28. The van der Waals surface area contributed by atoms with Crippen molar-refractivity contribution in [2.24, 2.45) is 0 Å². The molecule has 1 spiro atoms. The molecule has 1 unspecified atom stereocenters. The maximum atomic E-state index is 13.8. The summed E-state index contributed by atoms with van der Waals surface area (Å²) in [6.45, 7) is 5.41. The quantitative estimate of drug-likeness (QED) is 0.338. The summed E-state index contributed by atoms with van der Waals surface area (Å²) in [5, 5.41) is 16.7. The molecule has 1 aromatic carbocycles. The number of ether oxygens (including phenoxy) is 1. The topological polar surface area (TPSA) is 128 Å². The van der Waals surface area contributed by atoms with E-state index in [4.69, 9.17) is 4.74 Å². The molecule has 10 nitrogen and oxygen atoms in total. The first-order chi connectivity index (χ1) is 20.6. The highest BCUT2D eigenvalue weighted by atomic mass is 16.5. The van der Waals surface area contributed by atoms with Gasteiger partial charge in [0.1, 0.15) is 17.3 Å². The molecular weight excluding hydrogens is 548 g/mol. The van der Waals surface area contributed by atoms with Crippen molar-refractivity contribution in [3.8, 4) is 5.75 Å². The number of aliphatic hydroxyl groups is 1. The molecule has 0 radical (unpaired) electrons. The Balaban J connectivity index is 1.28. The molecule has 1 aliphatic carbocycles. The van der Waals surface area contributed by atoms with Gasteiger partial charge in [-0.3, -0.25) is 19.2 Å². The van der Waals surface area contributed by atoms with Crippen molar-refractivity contribution >= 4 is 23.6 Å². The van der Waals surface area contributed by atoms with Crippen LogP contribution in [0.4, 0.5) is 0 Å². The van der Waals surface area contributed by atoms with Crippen molar-refractivity contribution in [3.63, 3.8) is 0 Å². The summed E-state index contributed by atoms with van der Waals surface area (Å²) in [6.07, 6.45) is 8.81. The van der Waals surface area contributed by atoms with Gasteiger partial charge in [0.2, 0.25) is 17.7 Å². The van der Waals surface area contributed by atoms with E-state index in [0.29, 0.717) is 75.9 Å². The van der Waals surface area contributed by atoms with Crippen LogP contribution in [0.5, 0.6) is 5.75 Å². The number of amides is 4. The summed E-state index contributed by atoms with van der Waals surface area (Å²) in [4.78, 5) is 55.8.